The maximum Gasteiger partial charge on any atom is 0.471 e. The fourth-order valence-electron chi connectivity index (χ4n) is 4.84. The molecule has 0 aromatic heterocycles. The highest BCUT2D eigenvalue weighted by atomic mass is 31.2. The molecule has 2 N–H and O–H groups in total. The third-order valence-corrected chi connectivity index (χ3v) is 10.6. The highest BCUT2D eigenvalue weighted by Crippen LogP contribution is 2.44. The van der Waals surface area contributed by atoms with Crippen LogP contribution in [0.15, 0.2) is 54.6 Å². The van der Waals surface area contributed by atoms with Crippen LogP contribution in [-0.2, 0) is 23.1 Å². The number of benzene rings is 4. The first-order chi connectivity index (χ1) is 16.2. The minimum absolute atomic E-state index is 0.111. The third kappa shape index (κ3) is 4.41. The lowest BCUT2D eigenvalue weighted by molar-refractivity contribution is -0.126. The molecule has 9 heteroatoms. The van der Waals surface area contributed by atoms with E-state index in [1.165, 1.54) is 34.0 Å². The van der Waals surface area contributed by atoms with Crippen LogP contribution in [0.4, 0.5) is 0 Å². The molecule has 1 aliphatic heterocycles. The summed E-state index contributed by atoms with van der Waals surface area (Å²) in [6.45, 7) is 3.98. The zero-order valence-electron chi connectivity index (χ0n) is 19.4. The second-order valence-corrected chi connectivity index (χ2v) is 15.6. The fraction of sp³-hybridized carbons (Fsp3) is 0.360. The number of aliphatic hydroxyl groups is 1. The molecule has 0 bridgehead atoms. The Bertz CT molecular complexity index is 1360. The molecule has 1 aliphatic rings. The lowest BCUT2D eigenvalue weighted by Gasteiger charge is -2.27. The summed E-state index contributed by atoms with van der Waals surface area (Å²) >= 11 is 0. The van der Waals surface area contributed by atoms with Gasteiger partial charge in [-0.1, -0.05) is 67.7 Å². The van der Waals surface area contributed by atoms with E-state index in [9.17, 15) is 14.6 Å². The summed E-state index contributed by atoms with van der Waals surface area (Å²) in [6, 6.07) is 19.1. The molecule has 5 rings (SSSR count). The molecule has 4 aromatic carbocycles. The minimum Gasteiger partial charge on any atom is -0.390 e. The maximum absolute atomic E-state index is 12.6. The van der Waals surface area contributed by atoms with Gasteiger partial charge in [-0.2, -0.15) is 0 Å². The van der Waals surface area contributed by atoms with E-state index in [4.69, 9.17) is 18.5 Å². The number of hydrogen-bond donors (Lipinski definition) is 2. The van der Waals surface area contributed by atoms with Gasteiger partial charge in [-0.3, -0.25) is 9.05 Å². The van der Waals surface area contributed by atoms with Crippen LogP contribution in [0.5, 0.6) is 0 Å². The molecule has 7 nitrogen and oxygen atoms in total. The number of ether oxygens (including phenoxy) is 2. The SMILES string of the molecule is CO[C@H]1C[C@H](O)[C@@H](COP(=O)(O)OC[Si](C)(C)c2ccc3ccc4cccc5ccc2c3c45)O1. The average Bonchev–Trinajstić information content (AvgIpc) is 3.20. The number of aliphatic hydroxyl groups excluding tert-OH is 1. The number of methoxy groups -OCH3 is 1. The lowest BCUT2D eigenvalue weighted by atomic mass is 9.94. The van der Waals surface area contributed by atoms with Crippen molar-refractivity contribution in [3.05, 3.63) is 54.6 Å². The monoisotopic (exact) mass is 500 g/mol. The van der Waals surface area contributed by atoms with Crippen molar-refractivity contribution in [2.45, 2.75) is 38.0 Å². The summed E-state index contributed by atoms with van der Waals surface area (Å²) in [5, 5.41) is 18.4. The van der Waals surface area contributed by atoms with Gasteiger partial charge in [0.1, 0.15) is 14.2 Å². The Kier molecular flexibility index (Phi) is 6.29. The van der Waals surface area contributed by atoms with Gasteiger partial charge in [-0.15, -0.1) is 0 Å². The van der Waals surface area contributed by atoms with Crippen molar-refractivity contribution in [3.63, 3.8) is 0 Å². The molecule has 180 valence electrons. The van der Waals surface area contributed by atoms with Crippen LogP contribution < -0.4 is 5.19 Å². The summed E-state index contributed by atoms with van der Waals surface area (Å²) in [5.41, 5.74) is 0. The molecular formula is C25H29O7PSi. The zero-order valence-corrected chi connectivity index (χ0v) is 21.3. The van der Waals surface area contributed by atoms with Gasteiger partial charge in [-0.05, 0) is 37.5 Å². The Morgan fingerprint density at radius 3 is 2.32 bits per heavy atom. The molecule has 0 aliphatic carbocycles. The number of phosphoric acid groups is 1. The minimum atomic E-state index is -4.33. The third-order valence-electron chi connectivity index (χ3n) is 6.70. The molecule has 4 atom stereocenters. The molecule has 4 aromatic rings. The average molecular weight is 501 g/mol. The van der Waals surface area contributed by atoms with E-state index in [-0.39, 0.29) is 19.3 Å². The van der Waals surface area contributed by atoms with E-state index in [1.807, 2.05) is 0 Å². The summed E-state index contributed by atoms with van der Waals surface area (Å²) in [6.07, 6.45) is -1.72. The van der Waals surface area contributed by atoms with Crippen molar-refractivity contribution >= 4 is 53.4 Å². The molecule has 0 radical (unpaired) electrons. The first-order valence-corrected chi connectivity index (χ1v) is 16.0. The van der Waals surface area contributed by atoms with Crippen molar-refractivity contribution in [2.24, 2.45) is 0 Å². The number of hydrogen-bond acceptors (Lipinski definition) is 6. The quantitative estimate of drug-likeness (QED) is 0.212. The largest absolute Gasteiger partial charge is 0.471 e. The van der Waals surface area contributed by atoms with Crippen LogP contribution in [0.3, 0.4) is 0 Å². The predicted octanol–water partition coefficient (Wildman–Crippen LogP) is 4.29. The molecule has 1 saturated heterocycles. The Morgan fingerprint density at radius 1 is 1.00 bits per heavy atom. The van der Waals surface area contributed by atoms with Crippen molar-refractivity contribution < 1.29 is 33.1 Å². The molecule has 1 fully saturated rings. The van der Waals surface area contributed by atoms with Crippen LogP contribution in [0, 0.1) is 0 Å². The molecule has 1 heterocycles. The van der Waals surface area contributed by atoms with Gasteiger partial charge >= 0.3 is 7.82 Å². The van der Waals surface area contributed by atoms with E-state index in [0.29, 0.717) is 0 Å². The van der Waals surface area contributed by atoms with Crippen LogP contribution in [0.2, 0.25) is 13.1 Å². The summed E-state index contributed by atoms with van der Waals surface area (Å²) in [7, 11) is -5.16. The molecule has 0 spiro atoms. The van der Waals surface area contributed by atoms with Gasteiger partial charge in [0.15, 0.2) is 6.29 Å². The van der Waals surface area contributed by atoms with Crippen LogP contribution >= 0.6 is 7.82 Å². The second-order valence-electron chi connectivity index (χ2n) is 9.53. The number of phosphoric ester groups is 1. The summed E-state index contributed by atoms with van der Waals surface area (Å²) < 4.78 is 33.8. The van der Waals surface area contributed by atoms with E-state index < -0.39 is 34.4 Å². The highest BCUT2D eigenvalue weighted by Gasteiger charge is 2.37. The first kappa shape index (κ1) is 23.8. The first-order valence-electron chi connectivity index (χ1n) is 11.3. The van der Waals surface area contributed by atoms with Crippen molar-refractivity contribution in [1.29, 1.82) is 0 Å². The lowest BCUT2D eigenvalue weighted by Crippen LogP contribution is -2.46. The van der Waals surface area contributed by atoms with E-state index >= 15 is 0 Å². The van der Waals surface area contributed by atoms with Crippen LogP contribution in [0.25, 0.3) is 32.3 Å². The van der Waals surface area contributed by atoms with Gasteiger partial charge in [0.2, 0.25) is 0 Å². The molecule has 0 saturated carbocycles. The predicted molar refractivity (Wildman–Crippen MR) is 135 cm³/mol. The smallest absolute Gasteiger partial charge is 0.390 e. The van der Waals surface area contributed by atoms with Crippen molar-refractivity contribution in [3.8, 4) is 0 Å². The van der Waals surface area contributed by atoms with E-state index in [2.05, 4.69) is 67.7 Å². The standard InChI is InChI=1S/C25H29O7PSi/c1-29-23-13-20(26)21(32-23)14-30-33(27,28)31-15-34(2,3)22-12-10-18-8-7-16-5-4-6-17-9-11-19(22)25(18)24(16)17/h4-12,20-21,23,26H,13-15H2,1-3H3,(H,27,28)/t20-,21+,23+/m0/s1. The Labute approximate surface area is 199 Å². The normalized spacial score (nSPS) is 23.3. The Balaban J connectivity index is 1.36. The van der Waals surface area contributed by atoms with Gasteiger partial charge in [0.05, 0.1) is 18.9 Å². The van der Waals surface area contributed by atoms with Gasteiger partial charge in [0, 0.05) is 13.5 Å². The van der Waals surface area contributed by atoms with Crippen molar-refractivity contribution in [1.82, 2.24) is 0 Å². The van der Waals surface area contributed by atoms with Crippen LogP contribution in [0.1, 0.15) is 6.42 Å². The van der Waals surface area contributed by atoms with Gasteiger partial charge in [-0.25, -0.2) is 4.57 Å². The Hall–Kier alpha value is -1.87. The second kappa shape index (κ2) is 8.97. The highest BCUT2D eigenvalue weighted by molar-refractivity contribution is 7.47. The maximum atomic E-state index is 12.6. The molecule has 1 unspecified atom stereocenters. The van der Waals surface area contributed by atoms with Gasteiger partial charge in [0.25, 0.3) is 0 Å². The molecular weight excluding hydrogens is 471 g/mol. The van der Waals surface area contributed by atoms with Gasteiger partial charge < -0.3 is 19.5 Å². The topological polar surface area (TPSA) is 94.5 Å². The number of rotatable bonds is 8. The van der Waals surface area contributed by atoms with Crippen molar-refractivity contribution in [2.75, 3.05) is 19.9 Å². The molecule has 0 amide bonds. The van der Waals surface area contributed by atoms with E-state index in [0.717, 1.165) is 10.6 Å². The zero-order chi connectivity index (χ0) is 24.1. The summed E-state index contributed by atoms with van der Waals surface area (Å²) in [5.74, 6) is 0. The fourth-order valence-corrected chi connectivity index (χ4v) is 8.82. The van der Waals surface area contributed by atoms with E-state index in [1.54, 1.807) is 0 Å². The Morgan fingerprint density at radius 2 is 1.65 bits per heavy atom. The van der Waals surface area contributed by atoms with Crippen LogP contribution in [-0.4, -0.2) is 56.5 Å². The summed E-state index contributed by atoms with van der Waals surface area (Å²) in [4.78, 5) is 10.3. The molecule has 34 heavy (non-hydrogen) atoms.